The monoisotopic (exact) mass is 506 g/mol. The molecule has 2 aromatic heterocycles. The van der Waals surface area contributed by atoms with Gasteiger partial charge in [0.2, 0.25) is 0 Å². The van der Waals surface area contributed by atoms with Gasteiger partial charge in [0.15, 0.2) is 0 Å². The van der Waals surface area contributed by atoms with Crippen molar-refractivity contribution in [3.05, 3.63) is 69.5 Å². The van der Waals surface area contributed by atoms with Crippen LogP contribution in [0.3, 0.4) is 0 Å². The van der Waals surface area contributed by atoms with Gasteiger partial charge >= 0.3 is 11.4 Å². The summed E-state index contributed by atoms with van der Waals surface area (Å²) in [6.07, 6.45) is 0. The summed E-state index contributed by atoms with van der Waals surface area (Å²) in [6.45, 7) is 2.10. The fourth-order valence-electron chi connectivity index (χ4n) is 3.78. The third-order valence-electron chi connectivity index (χ3n) is 5.01. The van der Waals surface area contributed by atoms with E-state index in [0.29, 0.717) is 36.8 Å². The standard InChI is InChI=1S/C20H20Br2N4O2/c21-9-11-23-15-5-1-3-7-17(15)25(19(23)27)13-14-26-18-8-4-2-6-16(18)24(12-10-22)20(26)28/h1-8H,9-14H2. The number of nitrogens with zero attached hydrogens (tertiary/aromatic N) is 4. The highest BCUT2D eigenvalue weighted by atomic mass is 79.9. The fourth-order valence-corrected chi connectivity index (χ4v) is 4.49. The van der Waals surface area contributed by atoms with Crippen LogP contribution in [0.5, 0.6) is 0 Å². The highest BCUT2D eigenvalue weighted by Gasteiger charge is 2.15. The Bertz CT molecular complexity index is 1150. The number of hydrogen-bond donors (Lipinski definition) is 0. The van der Waals surface area contributed by atoms with E-state index in [1.807, 2.05) is 48.5 Å². The molecule has 0 bridgehead atoms. The van der Waals surface area contributed by atoms with Crippen LogP contribution < -0.4 is 11.4 Å². The first-order chi connectivity index (χ1) is 13.7. The highest BCUT2D eigenvalue weighted by Crippen LogP contribution is 2.16. The number of benzene rings is 2. The van der Waals surface area contributed by atoms with Crippen LogP contribution in [0.4, 0.5) is 0 Å². The third kappa shape index (κ3) is 3.18. The van der Waals surface area contributed by atoms with Crippen LogP contribution in [0.25, 0.3) is 22.1 Å². The van der Waals surface area contributed by atoms with E-state index < -0.39 is 0 Å². The van der Waals surface area contributed by atoms with E-state index in [4.69, 9.17) is 0 Å². The van der Waals surface area contributed by atoms with Crippen LogP contribution in [0.15, 0.2) is 58.1 Å². The summed E-state index contributed by atoms with van der Waals surface area (Å²) < 4.78 is 7.09. The maximum absolute atomic E-state index is 13.0. The van der Waals surface area contributed by atoms with Gasteiger partial charge in [0, 0.05) is 36.8 Å². The average molecular weight is 508 g/mol. The Balaban J connectivity index is 1.77. The number of fused-ring (bicyclic) bond motifs is 2. The van der Waals surface area contributed by atoms with E-state index in [1.54, 1.807) is 18.3 Å². The van der Waals surface area contributed by atoms with Crippen molar-refractivity contribution in [1.82, 2.24) is 18.3 Å². The molecule has 146 valence electrons. The van der Waals surface area contributed by atoms with E-state index in [1.165, 1.54) is 0 Å². The number of aryl methyl sites for hydroxylation is 4. The lowest BCUT2D eigenvalue weighted by atomic mass is 10.3. The molecule has 0 aliphatic rings. The number of halogens is 2. The van der Waals surface area contributed by atoms with E-state index >= 15 is 0 Å². The zero-order chi connectivity index (χ0) is 19.7. The molecule has 6 nitrogen and oxygen atoms in total. The van der Waals surface area contributed by atoms with Gasteiger partial charge in [0.05, 0.1) is 22.1 Å². The van der Waals surface area contributed by atoms with Crippen molar-refractivity contribution in [2.24, 2.45) is 0 Å². The summed E-state index contributed by atoms with van der Waals surface area (Å²) in [4.78, 5) is 25.9. The van der Waals surface area contributed by atoms with E-state index in [0.717, 1.165) is 22.1 Å². The summed E-state index contributed by atoms with van der Waals surface area (Å²) in [6, 6.07) is 15.6. The molecule has 0 unspecified atom stereocenters. The van der Waals surface area contributed by atoms with E-state index in [2.05, 4.69) is 31.9 Å². The van der Waals surface area contributed by atoms with Crippen molar-refractivity contribution in [3.8, 4) is 0 Å². The van der Waals surface area contributed by atoms with Crippen LogP contribution >= 0.6 is 31.9 Å². The average Bonchev–Trinajstić information content (AvgIpc) is 3.13. The van der Waals surface area contributed by atoms with Gasteiger partial charge in [0.1, 0.15) is 0 Å². The molecule has 0 saturated heterocycles. The Hall–Kier alpha value is -2.06. The molecule has 4 rings (SSSR count). The zero-order valence-corrected chi connectivity index (χ0v) is 18.4. The Kier molecular flexibility index (Phi) is 5.59. The largest absolute Gasteiger partial charge is 0.329 e. The molecule has 0 saturated carbocycles. The number of rotatable bonds is 7. The molecule has 8 heteroatoms. The first kappa shape index (κ1) is 19.3. The highest BCUT2D eigenvalue weighted by molar-refractivity contribution is 9.09. The van der Waals surface area contributed by atoms with Gasteiger partial charge in [-0.05, 0) is 24.3 Å². The van der Waals surface area contributed by atoms with Gasteiger partial charge in [-0.1, -0.05) is 56.1 Å². The third-order valence-corrected chi connectivity index (χ3v) is 5.72. The van der Waals surface area contributed by atoms with Gasteiger partial charge < -0.3 is 0 Å². The molecule has 0 fully saturated rings. The smallest absolute Gasteiger partial charge is 0.291 e. The molecule has 0 N–H and O–H groups in total. The van der Waals surface area contributed by atoms with Gasteiger partial charge in [-0.25, -0.2) is 9.59 Å². The predicted molar refractivity (Wildman–Crippen MR) is 120 cm³/mol. The number of imidazole rings is 2. The van der Waals surface area contributed by atoms with Crippen molar-refractivity contribution < 1.29 is 0 Å². The van der Waals surface area contributed by atoms with Crippen LogP contribution in [0, 0.1) is 0 Å². The Morgan fingerprint density at radius 3 is 1.11 bits per heavy atom. The van der Waals surface area contributed by atoms with E-state index in [9.17, 15) is 9.59 Å². The van der Waals surface area contributed by atoms with Crippen molar-refractivity contribution in [2.75, 3.05) is 10.7 Å². The summed E-state index contributed by atoms with van der Waals surface area (Å²) in [5, 5.41) is 1.42. The zero-order valence-electron chi connectivity index (χ0n) is 15.2. The predicted octanol–water partition coefficient (Wildman–Crippen LogP) is 3.41. The van der Waals surface area contributed by atoms with Crippen LogP contribution in [-0.2, 0) is 26.2 Å². The number of aromatic nitrogens is 4. The lowest BCUT2D eigenvalue weighted by Gasteiger charge is -2.05. The van der Waals surface area contributed by atoms with Crippen LogP contribution in [-0.4, -0.2) is 28.9 Å². The molecular formula is C20H20Br2N4O2. The molecule has 2 heterocycles. The molecule has 2 aromatic carbocycles. The summed E-state index contributed by atoms with van der Waals surface area (Å²) in [5.41, 5.74) is 3.54. The van der Waals surface area contributed by atoms with Crippen LogP contribution in [0.1, 0.15) is 0 Å². The fraction of sp³-hybridized carbons (Fsp3) is 0.300. The lowest BCUT2D eigenvalue weighted by Crippen LogP contribution is -2.29. The first-order valence-electron chi connectivity index (χ1n) is 9.15. The number of alkyl halides is 2. The molecule has 4 aromatic rings. The van der Waals surface area contributed by atoms with Gasteiger partial charge in [-0.15, -0.1) is 0 Å². The molecule has 0 aliphatic heterocycles. The second-order valence-corrected chi connectivity index (χ2v) is 8.11. The molecule has 0 radical (unpaired) electrons. The molecule has 0 atom stereocenters. The minimum atomic E-state index is -0.0436. The quantitative estimate of drug-likeness (QED) is 0.360. The maximum atomic E-state index is 13.0. The van der Waals surface area contributed by atoms with Crippen molar-refractivity contribution in [2.45, 2.75) is 26.2 Å². The molecule has 0 amide bonds. The normalized spacial score (nSPS) is 11.6. The molecule has 0 aliphatic carbocycles. The van der Waals surface area contributed by atoms with Crippen molar-refractivity contribution >= 4 is 53.9 Å². The SMILES string of the molecule is O=c1n(CCBr)c2ccccc2n1CCn1c(=O)n(CCBr)c2ccccc21. The molecule has 28 heavy (non-hydrogen) atoms. The summed E-state index contributed by atoms with van der Waals surface area (Å²) in [5.74, 6) is 0. The second-order valence-electron chi connectivity index (χ2n) is 6.53. The second kappa shape index (κ2) is 8.13. The van der Waals surface area contributed by atoms with Crippen LogP contribution in [0.2, 0.25) is 0 Å². The van der Waals surface area contributed by atoms with Gasteiger partial charge in [0.25, 0.3) is 0 Å². The van der Waals surface area contributed by atoms with Gasteiger partial charge in [-0.3, -0.25) is 18.3 Å². The molecular weight excluding hydrogens is 488 g/mol. The van der Waals surface area contributed by atoms with Crippen molar-refractivity contribution in [1.29, 1.82) is 0 Å². The number of hydrogen-bond acceptors (Lipinski definition) is 2. The first-order valence-corrected chi connectivity index (χ1v) is 11.4. The number of para-hydroxylation sites is 4. The maximum Gasteiger partial charge on any atom is 0.329 e. The van der Waals surface area contributed by atoms with Gasteiger partial charge in [-0.2, -0.15) is 0 Å². The Morgan fingerprint density at radius 2 is 0.821 bits per heavy atom. The summed E-state index contributed by atoms with van der Waals surface area (Å²) >= 11 is 6.85. The minimum absolute atomic E-state index is 0.0436. The van der Waals surface area contributed by atoms with E-state index in [-0.39, 0.29) is 11.4 Å². The Morgan fingerprint density at radius 1 is 0.536 bits per heavy atom. The topological polar surface area (TPSA) is 53.9 Å². The minimum Gasteiger partial charge on any atom is -0.291 e. The Labute approximate surface area is 178 Å². The lowest BCUT2D eigenvalue weighted by molar-refractivity contribution is 0.550. The summed E-state index contributed by atoms with van der Waals surface area (Å²) in [7, 11) is 0. The van der Waals surface area contributed by atoms with Crippen molar-refractivity contribution in [3.63, 3.8) is 0 Å². The molecule has 0 spiro atoms.